The minimum Gasteiger partial charge on any atom is -0.361 e. The first-order valence-electron chi connectivity index (χ1n) is 6.70. The summed E-state index contributed by atoms with van der Waals surface area (Å²) in [7, 11) is 2.23. The predicted octanol–water partition coefficient (Wildman–Crippen LogP) is 3.30. The van der Waals surface area contributed by atoms with Crippen molar-refractivity contribution in [2.75, 3.05) is 7.05 Å². The van der Waals surface area contributed by atoms with Crippen molar-refractivity contribution in [1.82, 2.24) is 10.1 Å². The van der Waals surface area contributed by atoms with Crippen LogP contribution in [0.25, 0.3) is 0 Å². The summed E-state index contributed by atoms with van der Waals surface area (Å²) in [6, 6.07) is 0.736. The Morgan fingerprint density at radius 2 is 1.88 bits per heavy atom. The number of hydrogen-bond acceptors (Lipinski definition) is 3. The van der Waals surface area contributed by atoms with E-state index in [1.165, 1.54) is 31.2 Å². The summed E-state index contributed by atoms with van der Waals surface area (Å²) in [5.41, 5.74) is 2.31. The van der Waals surface area contributed by atoms with Crippen molar-refractivity contribution in [1.29, 1.82) is 0 Å². The van der Waals surface area contributed by atoms with E-state index in [0.29, 0.717) is 0 Å². The standard InChI is InChI=1S/C14H24N2O/c1-10-5-7-13(8-6-10)16(4)9-14-11(2)15-17-12(14)3/h10,13H,5-9H2,1-4H3. The lowest BCUT2D eigenvalue weighted by Crippen LogP contribution is -2.34. The van der Waals surface area contributed by atoms with Crippen molar-refractivity contribution in [2.45, 2.75) is 59.0 Å². The van der Waals surface area contributed by atoms with Gasteiger partial charge in [-0.1, -0.05) is 12.1 Å². The highest BCUT2D eigenvalue weighted by Gasteiger charge is 2.23. The van der Waals surface area contributed by atoms with Crippen molar-refractivity contribution in [2.24, 2.45) is 5.92 Å². The SMILES string of the molecule is Cc1noc(C)c1CN(C)C1CCC(C)CC1. The maximum Gasteiger partial charge on any atom is 0.138 e. The van der Waals surface area contributed by atoms with E-state index in [1.807, 2.05) is 13.8 Å². The lowest BCUT2D eigenvalue weighted by atomic mass is 9.86. The lowest BCUT2D eigenvalue weighted by Gasteiger charge is -2.33. The van der Waals surface area contributed by atoms with Gasteiger partial charge in [0.15, 0.2) is 0 Å². The molecule has 0 aliphatic heterocycles. The highest BCUT2D eigenvalue weighted by atomic mass is 16.5. The van der Waals surface area contributed by atoms with Gasteiger partial charge in [-0.15, -0.1) is 0 Å². The molecular weight excluding hydrogens is 212 g/mol. The third-order valence-electron chi connectivity index (χ3n) is 4.20. The molecule has 3 heteroatoms. The average molecular weight is 236 g/mol. The average Bonchev–Trinajstić information content (AvgIpc) is 2.61. The molecule has 0 N–H and O–H groups in total. The number of aromatic nitrogens is 1. The second kappa shape index (κ2) is 5.21. The first kappa shape index (κ1) is 12.6. The maximum absolute atomic E-state index is 5.22. The third kappa shape index (κ3) is 2.89. The number of aryl methyl sites for hydroxylation is 2. The fraction of sp³-hybridized carbons (Fsp3) is 0.786. The molecule has 0 bridgehead atoms. The van der Waals surface area contributed by atoms with Crippen LogP contribution < -0.4 is 0 Å². The summed E-state index contributed by atoms with van der Waals surface area (Å²) in [5, 5.41) is 4.02. The Balaban J connectivity index is 1.95. The van der Waals surface area contributed by atoms with E-state index in [2.05, 4.69) is 24.0 Å². The van der Waals surface area contributed by atoms with Crippen LogP contribution in [0, 0.1) is 19.8 Å². The number of hydrogen-bond donors (Lipinski definition) is 0. The number of nitrogens with zero attached hydrogens (tertiary/aromatic N) is 2. The van der Waals surface area contributed by atoms with E-state index in [1.54, 1.807) is 0 Å². The van der Waals surface area contributed by atoms with Crippen LogP contribution in [-0.4, -0.2) is 23.1 Å². The molecule has 0 radical (unpaired) electrons. The fourth-order valence-corrected chi connectivity index (χ4v) is 2.79. The summed E-state index contributed by atoms with van der Waals surface area (Å²) in [6.45, 7) is 7.37. The first-order chi connectivity index (χ1) is 8.08. The van der Waals surface area contributed by atoms with Gasteiger partial charge in [0.05, 0.1) is 5.69 Å². The molecule has 0 spiro atoms. The van der Waals surface area contributed by atoms with Gasteiger partial charge >= 0.3 is 0 Å². The Labute approximate surface area is 104 Å². The molecule has 1 heterocycles. The molecule has 0 aromatic carbocycles. The minimum absolute atomic E-state index is 0.736. The Kier molecular flexibility index (Phi) is 3.87. The first-order valence-corrected chi connectivity index (χ1v) is 6.70. The molecule has 1 aliphatic rings. The molecule has 3 nitrogen and oxygen atoms in total. The van der Waals surface area contributed by atoms with E-state index in [0.717, 1.165) is 30.0 Å². The normalized spacial score (nSPS) is 25.5. The van der Waals surface area contributed by atoms with Crippen LogP contribution in [0.3, 0.4) is 0 Å². The molecule has 0 atom stereocenters. The van der Waals surface area contributed by atoms with E-state index >= 15 is 0 Å². The second-order valence-electron chi connectivity index (χ2n) is 5.63. The van der Waals surface area contributed by atoms with Crippen molar-refractivity contribution in [3.8, 4) is 0 Å². The van der Waals surface area contributed by atoms with Gasteiger partial charge < -0.3 is 4.52 Å². The lowest BCUT2D eigenvalue weighted by molar-refractivity contribution is 0.163. The highest BCUT2D eigenvalue weighted by Crippen LogP contribution is 2.27. The molecule has 1 aromatic heterocycles. The van der Waals surface area contributed by atoms with Crippen molar-refractivity contribution in [3.05, 3.63) is 17.0 Å². The van der Waals surface area contributed by atoms with Gasteiger partial charge in [0.2, 0.25) is 0 Å². The predicted molar refractivity (Wildman–Crippen MR) is 68.9 cm³/mol. The zero-order valence-electron chi connectivity index (χ0n) is 11.5. The second-order valence-corrected chi connectivity index (χ2v) is 5.63. The van der Waals surface area contributed by atoms with Crippen LogP contribution in [0.1, 0.15) is 49.6 Å². The largest absolute Gasteiger partial charge is 0.361 e. The monoisotopic (exact) mass is 236 g/mol. The Morgan fingerprint density at radius 1 is 1.24 bits per heavy atom. The molecule has 0 amide bonds. The van der Waals surface area contributed by atoms with Crippen molar-refractivity contribution in [3.63, 3.8) is 0 Å². The Bertz CT molecular complexity index is 345. The van der Waals surface area contributed by atoms with Gasteiger partial charge in [0.25, 0.3) is 0 Å². The van der Waals surface area contributed by atoms with Crippen LogP contribution >= 0.6 is 0 Å². The van der Waals surface area contributed by atoms with Crippen LogP contribution in [0.5, 0.6) is 0 Å². The highest BCUT2D eigenvalue weighted by molar-refractivity contribution is 5.20. The maximum atomic E-state index is 5.22. The fourth-order valence-electron chi connectivity index (χ4n) is 2.79. The van der Waals surface area contributed by atoms with Gasteiger partial charge in [0.1, 0.15) is 5.76 Å². The zero-order valence-corrected chi connectivity index (χ0v) is 11.5. The molecule has 2 rings (SSSR count). The molecule has 0 unspecified atom stereocenters. The minimum atomic E-state index is 0.736. The number of rotatable bonds is 3. The van der Waals surface area contributed by atoms with Gasteiger partial charge in [0, 0.05) is 18.2 Å². The molecular formula is C14H24N2O. The van der Waals surface area contributed by atoms with Crippen molar-refractivity contribution >= 4 is 0 Å². The van der Waals surface area contributed by atoms with Crippen LogP contribution in [0.4, 0.5) is 0 Å². The quantitative estimate of drug-likeness (QED) is 0.806. The summed E-state index contributed by atoms with van der Waals surface area (Å²) >= 11 is 0. The van der Waals surface area contributed by atoms with Gasteiger partial charge in [-0.3, -0.25) is 4.90 Å². The van der Waals surface area contributed by atoms with Crippen LogP contribution in [0.2, 0.25) is 0 Å². The Hall–Kier alpha value is -0.830. The summed E-state index contributed by atoms with van der Waals surface area (Å²) in [6.07, 6.45) is 5.41. The van der Waals surface area contributed by atoms with E-state index in [-0.39, 0.29) is 0 Å². The van der Waals surface area contributed by atoms with Gasteiger partial charge in [-0.05, 0) is 52.5 Å². The summed E-state index contributed by atoms with van der Waals surface area (Å²) in [4.78, 5) is 2.47. The van der Waals surface area contributed by atoms with Crippen molar-refractivity contribution < 1.29 is 4.52 Å². The third-order valence-corrected chi connectivity index (χ3v) is 4.20. The Morgan fingerprint density at radius 3 is 2.41 bits per heavy atom. The molecule has 96 valence electrons. The van der Waals surface area contributed by atoms with E-state index < -0.39 is 0 Å². The van der Waals surface area contributed by atoms with Gasteiger partial charge in [-0.2, -0.15) is 0 Å². The molecule has 17 heavy (non-hydrogen) atoms. The molecule has 1 aliphatic carbocycles. The summed E-state index contributed by atoms with van der Waals surface area (Å²) in [5.74, 6) is 1.89. The van der Waals surface area contributed by atoms with Crippen LogP contribution in [0.15, 0.2) is 4.52 Å². The van der Waals surface area contributed by atoms with Gasteiger partial charge in [-0.25, -0.2) is 0 Å². The topological polar surface area (TPSA) is 29.3 Å². The molecule has 0 saturated heterocycles. The molecule has 1 aromatic rings. The van der Waals surface area contributed by atoms with Crippen LogP contribution in [-0.2, 0) is 6.54 Å². The van der Waals surface area contributed by atoms with E-state index in [4.69, 9.17) is 4.52 Å². The van der Waals surface area contributed by atoms with E-state index in [9.17, 15) is 0 Å². The smallest absolute Gasteiger partial charge is 0.138 e. The molecule has 1 saturated carbocycles. The zero-order chi connectivity index (χ0) is 12.4. The molecule has 1 fully saturated rings. The summed E-state index contributed by atoms with van der Waals surface area (Å²) < 4.78 is 5.22.